The van der Waals surface area contributed by atoms with Crippen molar-refractivity contribution < 1.29 is 14.3 Å². The summed E-state index contributed by atoms with van der Waals surface area (Å²) >= 11 is 5.27. The van der Waals surface area contributed by atoms with E-state index in [0.29, 0.717) is 28.3 Å². The minimum absolute atomic E-state index is 0.0566. The summed E-state index contributed by atoms with van der Waals surface area (Å²) in [7, 11) is 0. The number of hydrogen-bond donors (Lipinski definition) is 3. The van der Waals surface area contributed by atoms with Gasteiger partial charge in [0.1, 0.15) is 5.75 Å². The van der Waals surface area contributed by atoms with E-state index in [9.17, 15) is 9.59 Å². The maximum atomic E-state index is 12.6. The number of ether oxygens (including phenoxy) is 1. The quantitative estimate of drug-likeness (QED) is 0.455. The van der Waals surface area contributed by atoms with E-state index in [4.69, 9.17) is 17.0 Å². The molecule has 0 unspecified atom stereocenters. The van der Waals surface area contributed by atoms with Crippen LogP contribution in [0.4, 0.5) is 11.4 Å². The fourth-order valence-electron chi connectivity index (χ4n) is 3.01. The van der Waals surface area contributed by atoms with Crippen molar-refractivity contribution in [2.45, 2.75) is 26.9 Å². The molecular formula is C25H25N3O3S. The lowest BCUT2D eigenvalue weighted by molar-refractivity contribution is 0.0970. The Morgan fingerprint density at radius 1 is 0.781 bits per heavy atom. The van der Waals surface area contributed by atoms with Gasteiger partial charge in [0.25, 0.3) is 11.8 Å². The first-order chi connectivity index (χ1) is 15.3. The molecular weight excluding hydrogens is 422 g/mol. The average molecular weight is 448 g/mol. The molecule has 0 aliphatic heterocycles. The number of thiocarbonyl (C=S) groups is 1. The summed E-state index contributed by atoms with van der Waals surface area (Å²) in [6, 6.07) is 21.5. The fourth-order valence-corrected chi connectivity index (χ4v) is 3.22. The number of hydrogen-bond acceptors (Lipinski definition) is 4. The molecule has 0 heterocycles. The van der Waals surface area contributed by atoms with Crippen LogP contribution in [0.2, 0.25) is 0 Å². The van der Waals surface area contributed by atoms with Gasteiger partial charge in [0, 0.05) is 16.9 Å². The first-order valence-electron chi connectivity index (χ1n) is 10.2. The van der Waals surface area contributed by atoms with Gasteiger partial charge in [0.05, 0.1) is 11.7 Å². The summed E-state index contributed by atoms with van der Waals surface area (Å²) in [6.45, 7) is 5.69. The number of aryl methyl sites for hydroxylation is 1. The Hall–Kier alpha value is -3.71. The molecule has 3 N–H and O–H groups in total. The van der Waals surface area contributed by atoms with Gasteiger partial charge in [-0.2, -0.15) is 0 Å². The highest BCUT2D eigenvalue weighted by Gasteiger charge is 2.14. The Balaban J connectivity index is 1.59. The minimum atomic E-state index is -0.360. The van der Waals surface area contributed by atoms with Crippen LogP contribution in [-0.4, -0.2) is 23.0 Å². The van der Waals surface area contributed by atoms with Crippen molar-refractivity contribution in [3.8, 4) is 5.75 Å². The maximum absolute atomic E-state index is 12.6. The second kappa shape index (κ2) is 10.5. The molecule has 0 aliphatic carbocycles. The van der Waals surface area contributed by atoms with Gasteiger partial charge in [0.2, 0.25) is 0 Å². The lowest BCUT2D eigenvalue weighted by Crippen LogP contribution is -2.34. The predicted molar refractivity (Wildman–Crippen MR) is 131 cm³/mol. The summed E-state index contributed by atoms with van der Waals surface area (Å²) in [5, 5.41) is 8.66. The molecule has 3 aromatic carbocycles. The predicted octanol–water partition coefficient (Wildman–Crippen LogP) is 5.16. The van der Waals surface area contributed by atoms with Gasteiger partial charge in [-0.1, -0.05) is 30.3 Å². The molecule has 0 aliphatic rings. The van der Waals surface area contributed by atoms with Gasteiger partial charge in [-0.05, 0) is 81.0 Å². The highest BCUT2D eigenvalue weighted by molar-refractivity contribution is 7.80. The van der Waals surface area contributed by atoms with Crippen molar-refractivity contribution in [2.75, 3.05) is 10.6 Å². The van der Waals surface area contributed by atoms with Gasteiger partial charge < -0.3 is 15.4 Å². The first-order valence-corrected chi connectivity index (χ1v) is 10.6. The number of para-hydroxylation sites is 1. The van der Waals surface area contributed by atoms with E-state index in [0.717, 1.165) is 5.56 Å². The third-order valence-corrected chi connectivity index (χ3v) is 4.72. The number of anilines is 2. The highest BCUT2D eigenvalue weighted by Crippen LogP contribution is 2.20. The van der Waals surface area contributed by atoms with E-state index < -0.39 is 0 Å². The highest BCUT2D eigenvalue weighted by atomic mass is 32.1. The van der Waals surface area contributed by atoms with Gasteiger partial charge in [-0.25, -0.2) is 0 Å². The normalized spacial score (nSPS) is 10.4. The average Bonchev–Trinajstić information content (AvgIpc) is 2.75. The summed E-state index contributed by atoms with van der Waals surface area (Å²) in [6.07, 6.45) is -0.0566. The van der Waals surface area contributed by atoms with Crippen LogP contribution < -0.4 is 20.7 Å². The number of rotatable bonds is 6. The molecule has 0 fully saturated rings. The minimum Gasteiger partial charge on any atom is -0.490 e. The topological polar surface area (TPSA) is 79.5 Å². The largest absolute Gasteiger partial charge is 0.490 e. The summed E-state index contributed by atoms with van der Waals surface area (Å²) in [4.78, 5) is 25.1. The number of carbonyl (C=O) groups is 2. The van der Waals surface area contributed by atoms with E-state index in [1.807, 2.05) is 45.0 Å². The molecule has 6 nitrogen and oxygen atoms in total. The summed E-state index contributed by atoms with van der Waals surface area (Å²) in [5.41, 5.74) is 3.26. The van der Waals surface area contributed by atoms with Gasteiger partial charge >= 0.3 is 0 Å². The van der Waals surface area contributed by atoms with E-state index in [-0.39, 0.29) is 23.0 Å². The van der Waals surface area contributed by atoms with Crippen molar-refractivity contribution in [2.24, 2.45) is 0 Å². The molecule has 0 saturated carbocycles. The second-order valence-electron chi connectivity index (χ2n) is 7.42. The van der Waals surface area contributed by atoms with Gasteiger partial charge in [-0.15, -0.1) is 0 Å². The maximum Gasteiger partial charge on any atom is 0.261 e. The van der Waals surface area contributed by atoms with Crippen LogP contribution in [0.1, 0.15) is 40.1 Å². The van der Waals surface area contributed by atoms with Crippen LogP contribution in [0.15, 0.2) is 72.8 Å². The third-order valence-electron chi connectivity index (χ3n) is 4.51. The zero-order valence-corrected chi connectivity index (χ0v) is 19.0. The number of benzene rings is 3. The number of carbonyl (C=O) groups excluding carboxylic acids is 2. The van der Waals surface area contributed by atoms with E-state index in [1.54, 1.807) is 48.5 Å². The zero-order valence-electron chi connectivity index (χ0n) is 18.1. The lowest BCUT2D eigenvalue weighted by atomic mass is 10.1. The van der Waals surface area contributed by atoms with Crippen molar-refractivity contribution >= 4 is 40.5 Å². The summed E-state index contributed by atoms with van der Waals surface area (Å²) in [5.74, 6) is -0.0358. The third kappa shape index (κ3) is 6.15. The molecule has 0 atom stereocenters. The molecule has 7 heteroatoms. The van der Waals surface area contributed by atoms with Crippen LogP contribution in [-0.2, 0) is 0 Å². The first kappa shape index (κ1) is 23.0. The monoisotopic (exact) mass is 447 g/mol. The molecule has 164 valence electrons. The lowest BCUT2D eigenvalue weighted by Gasteiger charge is -2.15. The summed E-state index contributed by atoms with van der Waals surface area (Å²) < 4.78 is 5.69. The Morgan fingerprint density at radius 3 is 1.97 bits per heavy atom. The molecule has 0 spiro atoms. The zero-order chi connectivity index (χ0) is 23.1. The van der Waals surface area contributed by atoms with Crippen molar-refractivity contribution in [3.05, 3.63) is 89.5 Å². The van der Waals surface area contributed by atoms with Crippen LogP contribution in [0.25, 0.3) is 0 Å². The van der Waals surface area contributed by atoms with Gasteiger partial charge in [-0.3, -0.25) is 14.9 Å². The number of amides is 2. The Bertz CT molecular complexity index is 1130. The molecule has 3 aromatic rings. The van der Waals surface area contributed by atoms with E-state index >= 15 is 0 Å². The van der Waals surface area contributed by atoms with Gasteiger partial charge in [0.15, 0.2) is 5.11 Å². The number of nitrogens with one attached hydrogen (secondary N) is 3. The second-order valence-corrected chi connectivity index (χ2v) is 7.83. The SMILES string of the molecule is Cc1ccccc1C(=O)Nc1ccc(NC(=S)NC(=O)c2ccccc2OC(C)C)cc1. The van der Waals surface area contributed by atoms with Crippen LogP contribution in [0, 0.1) is 6.92 Å². The van der Waals surface area contributed by atoms with Crippen molar-refractivity contribution in [3.63, 3.8) is 0 Å². The Labute approximate surface area is 193 Å². The van der Waals surface area contributed by atoms with E-state index in [1.165, 1.54) is 0 Å². The van der Waals surface area contributed by atoms with Crippen LogP contribution in [0.5, 0.6) is 5.75 Å². The fraction of sp³-hybridized carbons (Fsp3) is 0.160. The molecule has 0 aromatic heterocycles. The Kier molecular flexibility index (Phi) is 7.57. The van der Waals surface area contributed by atoms with Crippen molar-refractivity contribution in [1.29, 1.82) is 0 Å². The molecule has 3 rings (SSSR count). The molecule has 0 radical (unpaired) electrons. The van der Waals surface area contributed by atoms with E-state index in [2.05, 4.69) is 16.0 Å². The molecule has 2 amide bonds. The standard InChI is InChI=1S/C25H25N3O3S/c1-16(2)31-22-11-7-6-10-21(22)24(30)28-25(32)27-19-14-12-18(13-15-19)26-23(29)20-9-5-4-8-17(20)3/h4-16H,1-3H3,(H,26,29)(H2,27,28,30,32). The smallest absolute Gasteiger partial charge is 0.261 e. The molecule has 0 bridgehead atoms. The van der Waals surface area contributed by atoms with Crippen molar-refractivity contribution in [1.82, 2.24) is 5.32 Å². The van der Waals surface area contributed by atoms with Crippen LogP contribution in [0.3, 0.4) is 0 Å². The molecule has 32 heavy (non-hydrogen) atoms. The van der Waals surface area contributed by atoms with Crippen LogP contribution >= 0.6 is 12.2 Å². The molecule has 0 saturated heterocycles. The Morgan fingerprint density at radius 2 is 1.34 bits per heavy atom.